The zero-order chi connectivity index (χ0) is 27.6. The number of aliphatic carboxylic acids is 2. The molecule has 3 heterocycles. The summed E-state index contributed by atoms with van der Waals surface area (Å²) < 4.78 is 31.7. The number of carbonyl (C=O) groups is 3. The van der Waals surface area contributed by atoms with Crippen LogP contribution in [0, 0.1) is 0 Å². The quantitative estimate of drug-likeness (QED) is 0.152. The van der Waals surface area contributed by atoms with Crippen LogP contribution in [0.25, 0.3) is 0 Å². The molecule has 3 rings (SSSR count). The van der Waals surface area contributed by atoms with Crippen LogP contribution in [0.1, 0.15) is 50.0 Å². The van der Waals surface area contributed by atoms with Gasteiger partial charge in [-0.15, -0.1) is 34.0 Å². The molecule has 5 N–H and O–H groups in total. The van der Waals surface area contributed by atoms with Crippen LogP contribution in [0.15, 0.2) is 52.2 Å². The van der Waals surface area contributed by atoms with Crippen molar-refractivity contribution >= 4 is 57.7 Å². The van der Waals surface area contributed by atoms with Crippen molar-refractivity contribution in [1.29, 1.82) is 0 Å². The Kier molecular flexibility index (Phi) is 11.3. The molecule has 0 aromatic carbocycles. The van der Waals surface area contributed by atoms with E-state index in [1.54, 1.807) is 35.7 Å². The fourth-order valence-corrected chi connectivity index (χ4v) is 6.00. The van der Waals surface area contributed by atoms with Crippen molar-refractivity contribution in [3.05, 3.63) is 66.7 Å². The minimum absolute atomic E-state index is 0.0872. The lowest BCUT2D eigenvalue weighted by atomic mass is 10.0. The third kappa shape index (κ3) is 9.63. The number of rotatable bonds is 10. The van der Waals surface area contributed by atoms with E-state index in [1.807, 2.05) is 29.0 Å². The molecule has 0 bridgehead atoms. The largest absolute Gasteiger partial charge is 0.490 e. The van der Waals surface area contributed by atoms with E-state index < -0.39 is 24.2 Å². The molecule has 3 aromatic heterocycles. The third-order valence-corrected chi connectivity index (χ3v) is 7.67. The molecule has 0 saturated carbocycles. The van der Waals surface area contributed by atoms with E-state index in [2.05, 4.69) is 22.4 Å². The minimum Gasteiger partial charge on any atom is -0.480 e. The first-order valence-electron chi connectivity index (χ1n) is 10.7. The average Bonchev–Trinajstić information content (AvgIpc) is 3.59. The van der Waals surface area contributed by atoms with Crippen LogP contribution in [0.2, 0.25) is 0 Å². The Labute approximate surface area is 222 Å². The maximum atomic E-state index is 12.7. The summed E-state index contributed by atoms with van der Waals surface area (Å²) in [4.78, 5) is 41.2. The molecule has 0 unspecified atom stereocenters. The molecule has 0 radical (unpaired) electrons. The minimum atomic E-state index is -5.08. The molecule has 0 aliphatic heterocycles. The Hall–Kier alpha value is -3.23. The van der Waals surface area contributed by atoms with Gasteiger partial charge in [-0.05, 0) is 54.8 Å². The van der Waals surface area contributed by atoms with Crippen LogP contribution in [0.3, 0.4) is 0 Å². The topological polar surface area (TPSA) is 142 Å². The lowest BCUT2D eigenvalue weighted by Gasteiger charge is -2.14. The van der Waals surface area contributed by atoms with Crippen molar-refractivity contribution in [2.45, 2.75) is 37.9 Å². The molecular formula is C23H24F3N3O5S3. The van der Waals surface area contributed by atoms with Gasteiger partial charge in [-0.1, -0.05) is 12.1 Å². The van der Waals surface area contributed by atoms with Crippen molar-refractivity contribution in [3.63, 3.8) is 0 Å². The van der Waals surface area contributed by atoms with Crippen LogP contribution in [0.5, 0.6) is 0 Å². The van der Waals surface area contributed by atoms with Gasteiger partial charge in [0.2, 0.25) is 0 Å². The first-order chi connectivity index (χ1) is 17.4. The molecular weight excluding hydrogens is 551 g/mol. The molecule has 8 nitrogen and oxygen atoms in total. The van der Waals surface area contributed by atoms with Gasteiger partial charge in [-0.25, -0.2) is 9.59 Å². The number of nitrogens with one attached hydrogen (secondary N) is 1. The summed E-state index contributed by atoms with van der Waals surface area (Å²) >= 11 is 4.77. The van der Waals surface area contributed by atoms with Gasteiger partial charge in [-0.2, -0.15) is 13.2 Å². The predicted octanol–water partition coefficient (Wildman–Crippen LogP) is 5.02. The number of nitrogens with zero attached hydrogens (tertiary/aromatic N) is 1. The van der Waals surface area contributed by atoms with Gasteiger partial charge in [0.1, 0.15) is 6.04 Å². The van der Waals surface area contributed by atoms with Gasteiger partial charge in [-0.3, -0.25) is 9.79 Å². The second-order valence-electron chi connectivity index (χ2n) is 7.50. The van der Waals surface area contributed by atoms with Gasteiger partial charge in [0.05, 0.1) is 16.6 Å². The summed E-state index contributed by atoms with van der Waals surface area (Å²) in [5.41, 5.74) is 5.49. The summed E-state index contributed by atoms with van der Waals surface area (Å²) in [6.45, 7) is 2.12. The average molecular weight is 576 g/mol. The summed E-state index contributed by atoms with van der Waals surface area (Å²) in [5.74, 6) is -3.63. The highest BCUT2D eigenvalue weighted by molar-refractivity contribution is 7.15. The Balaban J connectivity index is 0.000000604. The van der Waals surface area contributed by atoms with E-state index >= 15 is 0 Å². The smallest absolute Gasteiger partial charge is 0.480 e. The maximum Gasteiger partial charge on any atom is 0.490 e. The second-order valence-corrected chi connectivity index (χ2v) is 10.6. The third-order valence-electron chi connectivity index (χ3n) is 4.65. The zero-order valence-corrected chi connectivity index (χ0v) is 21.8. The fourth-order valence-electron chi connectivity index (χ4n) is 3.00. The van der Waals surface area contributed by atoms with Crippen LogP contribution in [-0.4, -0.2) is 52.7 Å². The number of amides is 1. The highest BCUT2D eigenvalue weighted by Crippen LogP contribution is 2.40. The molecule has 37 heavy (non-hydrogen) atoms. The highest BCUT2D eigenvalue weighted by Gasteiger charge is 2.38. The monoisotopic (exact) mass is 575 g/mol. The lowest BCUT2D eigenvalue weighted by molar-refractivity contribution is -0.192. The molecule has 0 aliphatic carbocycles. The Morgan fingerprint density at radius 1 is 1.03 bits per heavy atom. The van der Waals surface area contributed by atoms with Crippen LogP contribution >= 0.6 is 34.0 Å². The first kappa shape index (κ1) is 30.0. The number of nitrogens with two attached hydrogens (primary N) is 1. The highest BCUT2D eigenvalue weighted by atomic mass is 32.1. The van der Waals surface area contributed by atoms with Crippen LogP contribution in [0.4, 0.5) is 13.2 Å². The van der Waals surface area contributed by atoms with Gasteiger partial charge in [0.15, 0.2) is 0 Å². The Bertz CT molecular complexity index is 1150. The number of hydrogen-bond acceptors (Lipinski definition) is 7. The van der Waals surface area contributed by atoms with Crippen molar-refractivity contribution in [2.75, 3.05) is 6.54 Å². The molecule has 0 fully saturated rings. The van der Waals surface area contributed by atoms with Crippen molar-refractivity contribution in [3.8, 4) is 0 Å². The van der Waals surface area contributed by atoms with Gasteiger partial charge < -0.3 is 21.3 Å². The van der Waals surface area contributed by atoms with E-state index in [0.717, 1.165) is 4.88 Å². The Morgan fingerprint density at radius 2 is 1.59 bits per heavy atom. The standard InChI is InChI=1S/C21H23N3O3S3.C2HF3O2/c1-13(22)23-10-2-5-14(21(26)27)24-20(25)18-9-8-17(30-18)19(15-6-3-11-28-15)16-7-4-12-29-16;3-2(4,5)1(6)7/h3-4,6-9,11-12,14,19H,2,5,10H2,1H3,(H2,22,23)(H,24,25)(H,26,27);(H,6,7)/t14-;/m0./s1. The van der Waals surface area contributed by atoms with Gasteiger partial charge >= 0.3 is 18.1 Å². The SMILES string of the molecule is CC(N)=NCCC[C@H](NC(=O)c1ccc(C(c2cccs2)c2cccs2)s1)C(=O)O.O=C(O)C(F)(F)F. The molecule has 0 saturated heterocycles. The number of aliphatic imine (C=N–C) groups is 1. The second kappa shape index (κ2) is 13.9. The number of amidine groups is 1. The summed E-state index contributed by atoms with van der Waals surface area (Å²) in [6, 6.07) is 11.0. The summed E-state index contributed by atoms with van der Waals surface area (Å²) in [7, 11) is 0. The summed E-state index contributed by atoms with van der Waals surface area (Å²) in [5, 5.41) is 23.3. The van der Waals surface area contributed by atoms with Crippen molar-refractivity contribution in [1.82, 2.24) is 5.32 Å². The molecule has 1 atom stereocenters. The van der Waals surface area contributed by atoms with Crippen molar-refractivity contribution in [2.24, 2.45) is 10.7 Å². The lowest BCUT2D eigenvalue weighted by Crippen LogP contribution is -2.40. The van der Waals surface area contributed by atoms with E-state index in [9.17, 15) is 27.9 Å². The number of alkyl halides is 3. The van der Waals surface area contributed by atoms with Gasteiger partial charge in [0, 0.05) is 21.2 Å². The Morgan fingerprint density at radius 3 is 2.03 bits per heavy atom. The molecule has 1 amide bonds. The number of carbonyl (C=O) groups excluding carboxylic acids is 1. The number of carboxylic acids is 2. The van der Waals surface area contributed by atoms with Crippen molar-refractivity contribution < 1.29 is 37.8 Å². The van der Waals surface area contributed by atoms with E-state index in [-0.39, 0.29) is 11.8 Å². The molecule has 200 valence electrons. The zero-order valence-electron chi connectivity index (χ0n) is 19.4. The fraction of sp³-hybridized carbons (Fsp3) is 0.304. The predicted molar refractivity (Wildman–Crippen MR) is 138 cm³/mol. The maximum absolute atomic E-state index is 12.7. The number of halogens is 3. The number of hydrogen-bond donors (Lipinski definition) is 4. The number of thiophene rings is 3. The molecule has 0 spiro atoms. The number of carboxylic acid groups (broad SMARTS) is 2. The van der Waals surface area contributed by atoms with Gasteiger partial charge in [0.25, 0.3) is 5.91 Å². The normalized spacial score (nSPS) is 12.5. The van der Waals surface area contributed by atoms with E-state index in [0.29, 0.717) is 30.1 Å². The summed E-state index contributed by atoms with van der Waals surface area (Å²) in [6.07, 6.45) is -4.26. The molecule has 14 heteroatoms. The first-order valence-corrected chi connectivity index (χ1v) is 13.2. The molecule has 3 aromatic rings. The molecule has 0 aliphatic rings. The van der Waals surface area contributed by atoms with E-state index in [1.165, 1.54) is 21.1 Å². The van der Waals surface area contributed by atoms with E-state index in [4.69, 9.17) is 15.6 Å². The van der Waals surface area contributed by atoms with Crippen LogP contribution < -0.4 is 11.1 Å². The van der Waals surface area contributed by atoms with Crippen LogP contribution in [-0.2, 0) is 9.59 Å².